The van der Waals surface area contributed by atoms with Gasteiger partial charge in [0.05, 0.1) is 11.9 Å². The monoisotopic (exact) mass is 726 g/mol. The number of carbonyl (C=O) groups is 2. The van der Waals surface area contributed by atoms with E-state index >= 15 is 0 Å². The summed E-state index contributed by atoms with van der Waals surface area (Å²) in [4.78, 5) is 22.3. The van der Waals surface area contributed by atoms with Crippen LogP contribution in [0.25, 0.3) is 22.3 Å². The van der Waals surface area contributed by atoms with Crippen LogP contribution in [0.5, 0.6) is 11.5 Å². The molecule has 0 amide bonds. The number of aromatic hydroxyl groups is 2. The van der Waals surface area contributed by atoms with Gasteiger partial charge in [-0.25, -0.2) is 0 Å². The van der Waals surface area contributed by atoms with E-state index in [1.165, 1.54) is 12.1 Å². The summed E-state index contributed by atoms with van der Waals surface area (Å²) >= 11 is 0. The van der Waals surface area contributed by atoms with E-state index in [1.54, 1.807) is 24.3 Å². The molecule has 0 bridgehead atoms. The molecule has 0 fully saturated rings. The number of rotatable bonds is 8. The maximum Gasteiger partial charge on any atom is 2.00 e. The number of benzene rings is 6. The van der Waals surface area contributed by atoms with E-state index in [0.29, 0.717) is 11.1 Å². The van der Waals surface area contributed by atoms with E-state index in [9.17, 15) is 30.0 Å². The zero-order valence-corrected chi connectivity index (χ0v) is 32.1. The predicted molar refractivity (Wildman–Crippen MR) is 193 cm³/mol. The second kappa shape index (κ2) is 16.9. The Morgan fingerprint density at radius 2 is 0.843 bits per heavy atom. The van der Waals surface area contributed by atoms with Crippen molar-refractivity contribution in [3.05, 3.63) is 178 Å². The quantitative estimate of drug-likeness (QED) is 0.155. The first-order valence-electron chi connectivity index (χ1n) is 16.3. The molecule has 0 saturated heterocycles. The average Bonchev–Trinajstić information content (AvgIpc) is 3.11. The third-order valence-electron chi connectivity index (χ3n) is 8.92. The smallest absolute Gasteiger partial charge is 0.545 e. The van der Waals surface area contributed by atoms with Gasteiger partial charge in [0, 0.05) is 34.1 Å². The van der Waals surface area contributed by atoms with E-state index in [4.69, 9.17) is 0 Å². The van der Waals surface area contributed by atoms with Crippen LogP contribution in [0, 0.1) is 13.8 Å². The molecule has 51 heavy (non-hydrogen) atoms. The van der Waals surface area contributed by atoms with Crippen molar-refractivity contribution >= 4 is 11.9 Å². The number of carboxylic acid groups (broad SMARTS) is 2. The van der Waals surface area contributed by atoms with Gasteiger partial charge >= 0.3 is 19.5 Å². The summed E-state index contributed by atoms with van der Waals surface area (Å²) in [6, 6.07) is 42.1. The Morgan fingerprint density at radius 1 is 0.490 bits per heavy atom. The SMILES string of the molecule is Cc1cc(-c2ccccc2)cc(C(C)c2cccc(C(=O)[O-])c2O)c1.Cc1cc(-c2ccccc2)cc(C(C)c2cccc(C(=O)[O-])c2O)c1.[Zn+2]. The molecule has 2 N–H and O–H groups in total. The first kappa shape index (κ1) is 38.3. The van der Waals surface area contributed by atoms with Crippen molar-refractivity contribution in [3.63, 3.8) is 0 Å². The van der Waals surface area contributed by atoms with E-state index in [1.807, 2.05) is 64.1 Å². The summed E-state index contributed by atoms with van der Waals surface area (Å²) in [7, 11) is 0. The molecule has 0 aliphatic heterocycles. The minimum absolute atomic E-state index is 0. The number of carboxylic acids is 2. The Kier molecular flexibility index (Phi) is 12.7. The van der Waals surface area contributed by atoms with Crippen LogP contribution in [0.3, 0.4) is 0 Å². The van der Waals surface area contributed by atoms with Crippen LogP contribution in [0.2, 0.25) is 0 Å². The van der Waals surface area contributed by atoms with Crippen LogP contribution in [-0.4, -0.2) is 22.2 Å². The number of aryl methyl sites for hydroxylation is 2. The van der Waals surface area contributed by atoms with Crippen molar-refractivity contribution in [1.29, 1.82) is 0 Å². The fourth-order valence-corrected chi connectivity index (χ4v) is 6.23. The molecule has 0 saturated carbocycles. The first-order valence-corrected chi connectivity index (χ1v) is 16.3. The number of aromatic carboxylic acids is 2. The molecule has 0 aliphatic rings. The van der Waals surface area contributed by atoms with Crippen molar-refractivity contribution in [3.8, 4) is 33.8 Å². The zero-order chi connectivity index (χ0) is 35.9. The van der Waals surface area contributed by atoms with E-state index in [0.717, 1.165) is 44.5 Å². The van der Waals surface area contributed by atoms with Crippen molar-refractivity contribution in [2.75, 3.05) is 0 Å². The van der Waals surface area contributed by atoms with Crippen LogP contribution < -0.4 is 10.2 Å². The normalized spacial score (nSPS) is 11.7. The Morgan fingerprint density at radius 3 is 1.18 bits per heavy atom. The van der Waals surface area contributed by atoms with E-state index < -0.39 is 11.9 Å². The van der Waals surface area contributed by atoms with Crippen molar-refractivity contribution in [2.24, 2.45) is 0 Å². The van der Waals surface area contributed by atoms with Gasteiger partial charge in [0.25, 0.3) is 0 Å². The van der Waals surface area contributed by atoms with Crippen molar-refractivity contribution < 1.29 is 49.5 Å². The maximum atomic E-state index is 11.2. The second-order valence-corrected chi connectivity index (χ2v) is 12.5. The standard InChI is InChI=1S/2C22H20O3.Zn/c2*1-14-11-17(13-18(12-14)16-7-4-3-5-8-16)15(2)19-9-6-10-20(21(19)23)22(24)25;/h2*3-13,15,23H,1-2H3,(H,24,25);/q;;+2/p-2. The van der Waals surface area contributed by atoms with Gasteiger partial charge in [0.1, 0.15) is 11.5 Å². The van der Waals surface area contributed by atoms with Crippen LogP contribution in [0.15, 0.2) is 133 Å². The van der Waals surface area contributed by atoms with Gasteiger partial charge in [-0.05, 0) is 59.4 Å². The van der Waals surface area contributed by atoms with Gasteiger partial charge in [0.15, 0.2) is 0 Å². The summed E-state index contributed by atoms with van der Waals surface area (Å²) in [6.07, 6.45) is 0. The van der Waals surface area contributed by atoms with Crippen LogP contribution >= 0.6 is 0 Å². The molecule has 0 radical (unpaired) electrons. The molecule has 252 valence electrons. The molecule has 0 aromatic heterocycles. The molecule has 0 spiro atoms. The van der Waals surface area contributed by atoms with E-state index in [-0.39, 0.29) is 53.9 Å². The fourth-order valence-electron chi connectivity index (χ4n) is 6.23. The largest absolute Gasteiger partial charge is 2.00 e. The molecule has 0 aliphatic carbocycles. The van der Waals surface area contributed by atoms with Gasteiger partial charge in [-0.15, -0.1) is 0 Å². The van der Waals surface area contributed by atoms with Gasteiger partial charge in [-0.1, -0.05) is 146 Å². The molecule has 6 nitrogen and oxygen atoms in total. The minimum atomic E-state index is -1.37. The first-order chi connectivity index (χ1) is 23.9. The maximum absolute atomic E-state index is 11.2. The number of hydrogen-bond donors (Lipinski definition) is 2. The molecular weight excluding hydrogens is 690 g/mol. The third kappa shape index (κ3) is 8.99. The molecule has 2 unspecified atom stereocenters. The third-order valence-corrected chi connectivity index (χ3v) is 8.92. The Labute approximate surface area is 311 Å². The second-order valence-electron chi connectivity index (χ2n) is 12.5. The number of para-hydroxylation sites is 2. The Hall–Kier alpha value is -5.52. The molecule has 0 heterocycles. The van der Waals surface area contributed by atoms with Crippen LogP contribution in [0.1, 0.15) is 79.8 Å². The predicted octanol–water partition coefficient (Wildman–Crippen LogP) is 7.76. The Bertz CT molecular complexity index is 1990. The van der Waals surface area contributed by atoms with Crippen molar-refractivity contribution in [2.45, 2.75) is 39.5 Å². The summed E-state index contributed by atoms with van der Waals surface area (Å²) in [5.41, 5.74) is 9.47. The summed E-state index contributed by atoms with van der Waals surface area (Å²) in [5.74, 6) is -3.50. The average molecular weight is 728 g/mol. The zero-order valence-electron chi connectivity index (χ0n) is 29.1. The molecule has 6 rings (SSSR count). The number of phenols is 2. The molecule has 6 aromatic rings. The van der Waals surface area contributed by atoms with Crippen LogP contribution in [0.4, 0.5) is 0 Å². The van der Waals surface area contributed by atoms with E-state index in [2.05, 4.69) is 60.7 Å². The van der Waals surface area contributed by atoms with Gasteiger partial charge < -0.3 is 30.0 Å². The number of carbonyl (C=O) groups excluding carboxylic acids is 2. The summed E-state index contributed by atoms with van der Waals surface area (Å²) in [6.45, 7) is 7.97. The fraction of sp³-hybridized carbons (Fsp3) is 0.136. The number of hydrogen-bond acceptors (Lipinski definition) is 6. The van der Waals surface area contributed by atoms with Crippen LogP contribution in [-0.2, 0) is 19.5 Å². The molecule has 7 heteroatoms. The molecular formula is C44H38O6Zn. The van der Waals surface area contributed by atoms with Crippen molar-refractivity contribution in [1.82, 2.24) is 0 Å². The Balaban J connectivity index is 0.000000224. The minimum Gasteiger partial charge on any atom is -0.545 e. The molecule has 2 atom stereocenters. The van der Waals surface area contributed by atoms with Gasteiger partial charge in [-0.2, -0.15) is 0 Å². The van der Waals surface area contributed by atoms with Gasteiger partial charge in [-0.3, -0.25) is 0 Å². The summed E-state index contributed by atoms with van der Waals surface area (Å²) < 4.78 is 0. The van der Waals surface area contributed by atoms with Gasteiger partial charge in [0.2, 0.25) is 0 Å². The molecule has 6 aromatic carbocycles. The topological polar surface area (TPSA) is 121 Å². The summed E-state index contributed by atoms with van der Waals surface area (Å²) in [5, 5.41) is 43.0.